The summed E-state index contributed by atoms with van der Waals surface area (Å²) >= 11 is 0. The zero-order valence-corrected chi connectivity index (χ0v) is 45.3. The number of likely N-dealkylation sites (N-methyl/N-ethyl adjacent to an activating group) is 1. The van der Waals surface area contributed by atoms with Crippen molar-refractivity contribution in [3.8, 4) is 0 Å². The molecule has 0 spiro atoms. The maximum absolute atomic E-state index is 12.8. The smallest absolute Gasteiger partial charge is 0.361 e. The van der Waals surface area contributed by atoms with Crippen LogP contribution in [0.15, 0.2) is 134 Å². The van der Waals surface area contributed by atoms with Gasteiger partial charge in [-0.05, 0) is 96.3 Å². The second kappa shape index (κ2) is 51.8. The van der Waals surface area contributed by atoms with Gasteiger partial charge in [0, 0.05) is 12.8 Å². The highest BCUT2D eigenvalue weighted by atomic mass is 16.7. The molecule has 9 nitrogen and oxygen atoms in total. The van der Waals surface area contributed by atoms with Crippen LogP contribution in [0.4, 0.5) is 0 Å². The molecule has 0 saturated heterocycles. The van der Waals surface area contributed by atoms with E-state index in [9.17, 15) is 19.5 Å². The van der Waals surface area contributed by atoms with Crippen molar-refractivity contribution in [3.05, 3.63) is 134 Å². The third-order valence-electron chi connectivity index (χ3n) is 10.9. The normalized spacial score (nSPS) is 13.9. The number of carboxylic acids is 1. The van der Waals surface area contributed by atoms with Gasteiger partial charge in [0.25, 0.3) is 6.29 Å². The topological polar surface area (TPSA) is 108 Å². The summed E-state index contributed by atoms with van der Waals surface area (Å²) in [6, 6.07) is 0. The molecule has 0 rings (SSSR count). The van der Waals surface area contributed by atoms with Crippen LogP contribution in [0.1, 0.15) is 181 Å². The zero-order chi connectivity index (χ0) is 52.0. The molecule has 0 bridgehead atoms. The third-order valence-corrected chi connectivity index (χ3v) is 10.9. The minimum Gasteiger partial charge on any atom is -0.477 e. The van der Waals surface area contributed by atoms with E-state index in [-0.39, 0.29) is 38.6 Å². The minimum absolute atomic E-state index is 0.177. The van der Waals surface area contributed by atoms with Gasteiger partial charge in [-0.1, -0.05) is 205 Å². The van der Waals surface area contributed by atoms with E-state index in [1.54, 1.807) is 0 Å². The summed E-state index contributed by atoms with van der Waals surface area (Å²) < 4.78 is 22.6. The number of carbonyl (C=O) groups excluding carboxylic acids is 2. The van der Waals surface area contributed by atoms with E-state index in [1.807, 2.05) is 21.1 Å². The standard InChI is InChI=1S/C62H99NO8/c1-6-8-10-12-14-15-16-17-18-19-20-21-22-23-24-25-26-27-28-29-30-31-32-33-34-35-36-37-38-39-40-41-42-43-44-45-47-49-51-53-60(65)71-58(56-69-59(64)52-50-48-46-13-11-9-7-2)57-70-62(61(66)67)68-55-54-63(3,4)5/h8,10,14-15,17-18,20-21,23-24,26-27,29-30,32-33,35-36,38-39,41-42,58,62H,6-7,9,11-13,16,19,22,25,28,31,34,37,40,43-57H2,1-5H3/p+1/b10-8-,15-14-,18-17-,21-20-,24-23-,27-26-,30-29-,33-32-,36-35-,39-38-,42-41-. The van der Waals surface area contributed by atoms with Gasteiger partial charge in [-0.3, -0.25) is 9.59 Å². The molecule has 0 aromatic heterocycles. The number of allylic oxidation sites excluding steroid dienone is 22. The Morgan fingerprint density at radius 3 is 1.20 bits per heavy atom. The van der Waals surface area contributed by atoms with Crippen LogP contribution in [0.25, 0.3) is 0 Å². The van der Waals surface area contributed by atoms with Gasteiger partial charge in [-0.15, -0.1) is 0 Å². The molecule has 0 aliphatic carbocycles. The minimum atomic E-state index is -1.52. The monoisotopic (exact) mass is 987 g/mol. The van der Waals surface area contributed by atoms with Crippen LogP contribution in [0, 0.1) is 0 Å². The van der Waals surface area contributed by atoms with Gasteiger partial charge in [0.15, 0.2) is 6.10 Å². The maximum atomic E-state index is 12.8. The van der Waals surface area contributed by atoms with Crippen LogP contribution in [-0.4, -0.2) is 87.4 Å². The Balaban J connectivity index is 4.15. The van der Waals surface area contributed by atoms with E-state index in [2.05, 4.69) is 148 Å². The fourth-order valence-electron chi connectivity index (χ4n) is 6.72. The van der Waals surface area contributed by atoms with Gasteiger partial charge in [0.1, 0.15) is 13.2 Å². The number of esters is 2. The molecule has 0 aromatic rings. The molecule has 1 N–H and O–H groups in total. The molecular weight excluding hydrogens is 887 g/mol. The first-order chi connectivity index (χ1) is 34.6. The van der Waals surface area contributed by atoms with E-state index >= 15 is 0 Å². The first-order valence-corrected chi connectivity index (χ1v) is 27.3. The van der Waals surface area contributed by atoms with Crippen LogP contribution in [0.5, 0.6) is 0 Å². The van der Waals surface area contributed by atoms with E-state index in [0.29, 0.717) is 17.4 Å². The Morgan fingerprint density at radius 2 is 0.803 bits per heavy atom. The third kappa shape index (κ3) is 53.1. The second-order valence-corrected chi connectivity index (χ2v) is 18.8. The van der Waals surface area contributed by atoms with E-state index in [0.717, 1.165) is 122 Å². The number of aliphatic carboxylic acids is 1. The summed E-state index contributed by atoms with van der Waals surface area (Å²) in [4.78, 5) is 37.0. The van der Waals surface area contributed by atoms with Gasteiger partial charge in [0.2, 0.25) is 0 Å². The molecule has 0 aliphatic rings. The highest BCUT2D eigenvalue weighted by molar-refractivity contribution is 5.71. The van der Waals surface area contributed by atoms with E-state index in [1.165, 1.54) is 25.7 Å². The number of nitrogens with zero attached hydrogens (tertiary/aromatic N) is 1. The number of carboxylic acid groups (broad SMARTS) is 1. The molecule has 71 heavy (non-hydrogen) atoms. The lowest BCUT2D eigenvalue weighted by molar-refractivity contribution is -0.870. The Bertz CT molecular complexity index is 1620. The van der Waals surface area contributed by atoms with Crippen molar-refractivity contribution in [2.75, 3.05) is 47.5 Å². The maximum Gasteiger partial charge on any atom is 0.361 e. The average molecular weight is 987 g/mol. The van der Waals surface area contributed by atoms with Crippen molar-refractivity contribution in [1.29, 1.82) is 0 Å². The Kier molecular flexibility index (Phi) is 48.4. The average Bonchev–Trinajstić information content (AvgIpc) is 3.34. The number of quaternary nitrogens is 1. The largest absolute Gasteiger partial charge is 0.477 e. The fraction of sp³-hybridized carbons (Fsp3) is 0.597. The van der Waals surface area contributed by atoms with Crippen LogP contribution in [-0.2, 0) is 33.3 Å². The van der Waals surface area contributed by atoms with Crippen molar-refractivity contribution < 1.29 is 42.9 Å². The Labute approximate surface area is 433 Å². The first-order valence-electron chi connectivity index (χ1n) is 27.3. The highest BCUT2D eigenvalue weighted by Crippen LogP contribution is 2.12. The molecule has 0 aromatic carbocycles. The number of unbranched alkanes of at least 4 members (excludes halogenated alkanes) is 11. The molecule has 0 amide bonds. The summed E-state index contributed by atoms with van der Waals surface area (Å²) in [7, 11) is 5.93. The van der Waals surface area contributed by atoms with Crippen molar-refractivity contribution in [2.24, 2.45) is 0 Å². The Hall–Kier alpha value is -4.57. The molecular formula is C62H100NO8+. The van der Waals surface area contributed by atoms with Gasteiger partial charge in [-0.2, -0.15) is 0 Å². The Morgan fingerprint density at radius 1 is 0.437 bits per heavy atom. The lowest BCUT2D eigenvalue weighted by Crippen LogP contribution is -2.40. The second-order valence-electron chi connectivity index (χ2n) is 18.8. The predicted molar refractivity (Wildman–Crippen MR) is 299 cm³/mol. The first kappa shape index (κ1) is 66.4. The van der Waals surface area contributed by atoms with Crippen LogP contribution in [0.2, 0.25) is 0 Å². The van der Waals surface area contributed by atoms with Crippen molar-refractivity contribution in [2.45, 2.75) is 193 Å². The molecule has 2 unspecified atom stereocenters. The highest BCUT2D eigenvalue weighted by Gasteiger charge is 2.25. The molecule has 0 aliphatic heterocycles. The molecule has 0 heterocycles. The fourth-order valence-corrected chi connectivity index (χ4v) is 6.72. The predicted octanol–water partition coefficient (Wildman–Crippen LogP) is 15.9. The number of hydrogen-bond acceptors (Lipinski definition) is 7. The van der Waals surface area contributed by atoms with Crippen molar-refractivity contribution >= 4 is 17.9 Å². The van der Waals surface area contributed by atoms with Gasteiger partial charge in [0.05, 0.1) is 34.4 Å². The summed E-state index contributed by atoms with van der Waals surface area (Å²) in [5, 5.41) is 9.63. The van der Waals surface area contributed by atoms with Gasteiger partial charge in [-0.25, -0.2) is 4.79 Å². The number of hydrogen-bond donors (Lipinski definition) is 1. The van der Waals surface area contributed by atoms with Gasteiger partial charge < -0.3 is 28.5 Å². The number of carbonyl (C=O) groups is 3. The summed E-state index contributed by atoms with van der Waals surface area (Å²) in [6.45, 7) is 4.65. The summed E-state index contributed by atoms with van der Waals surface area (Å²) in [5.74, 6) is -2.06. The van der Waals surface area contributed by atoms with Crippen molar-refractivity contribution in [1.82, 2.24) is 0 Å². The zero-order valence-electron chi connectivity index (χ0n) is 45.3. The number of ether oxygens (including phenoxy) is 4. The molecule has 0 fully saturated rings. The molecule has 0 radical (unpaired) electrons. The summed E-state index contributed by atoms with van der Waals surface area (Å²) in [6.07, 6.45) is 71.4. The van der Waals surface area contributed by atoms with E-state index in [4.69, 9.17) is 18.9 Å². The van der Waals surface area contributed by atoms with Crippen molar-refractivity contribution in [3.63, 3.8) is 0 Å². The lowest BCUT2D eigenvalue weighted by Gasteiger charge is -2.25. The summed E-state index contributed by atoms with van der Waals surface area (Å²) in [5.41, 5.74) is 0. The molecule has 400 valence electrons. The van der Waals surface area contributed by atoms with Crippen LogP contribution < -0.4 is 0 Å². The van der Waals surface area contributed by atoms with Crippen LogP contribution in [0.3, 0.4) is 0 Å². The molecule has 0 saturated carbocycles. The van der Waals surface area contributed by atoms with E-state index < -0.39 is 24.3 Å². The molecule has 9 heteroatoms. The molecule has 2 atom stereocenters. The SMILES string of the molecule is CC/C=C\C/C=C\C/C=C\C/C=C\C/C=C\C/C=C\C/C=C\C/C=C\C/C=C\C/C=C\C/C=C\CCCCCCCC(=O)OC(COC(=O)CCCCCCCCC)COC(OCC[N+](C)(C)C)C(=O)O. The lowest BCUT2D eigenvalue weighted by atomic mass is 10.1. The van der Waals surface area contributed by atoms with Gasteiger partial charge >= 0.3 is 17.9 Å². The van der Waals surface area contributed by atoms with Crippen LogP contribution >= 0.6 is 0 Å². The quantitative estimate of drug-likeness (QED) is 0.0211. The number of rotatable bonds is 48.